The predicted octanol–water partition coefficient (Wildman–Crippen LogP) is 18.2. The average Bonchev–Trinajstić information content (AvgIpc) is 3.32. The molecule has 0 spiro atoms. The molecule has 2 atom stereocenters. The second-order valence-corrected chi connectivity index (χ2v) is 20.3. The number of hydrogen-bond donors (Lipinski definition) is 3. The standard InChI is InChI=1S/C60H115NO5/c1-3-5-7-9-11-13-14-15-16-28-31-34-38-42-46-50-54-60(65)66-55-51-47-43-39-35-32-29-26-24-22-20-18-17-19-21-23-25-27-30-33-37-41-45-49-53-59(64)61-57(56-62)58(63)52-48-44-40-36-12-10-8-6-4-2/h19,21,48,52,57-58,62-63H,3-18,20,22-47,49-51,53-56H2,1-2H3,(H,61,64)/b21-19-,52-48+. The van der Waals surface area contributed by atoms with Crippen LogP contribution in [0.1, 0.15) is 322 Å². The van der Waals surface area contributed by atoms with E-state index in [1.165, 1.54) is 257 Å². The summed E-state index contributed by atoms with van der Waals surface area (Å²) >= 11 is 0. The van der Waals surface area contributed by atoms with Crippen molar-refractivity contribution in [2.45, 2.75) is 334 Å². The predicted molar refractivity (Wildman–Crippen MR) is 287 cm³/mol. The van der Waals surface area contributed by atoms with Gasteiger partial charge in [0.2, 0.25) is 5.91 Å². The zero-order chi connectivity index (χ0) is 47.9. The van der Waals surface area contributed by atoms with Gasteiger partial charge in [-0.15, -0.1) is 0 Å². The third-order valence-corrected chi connectivity index (χ3v) is 13.7. The number of unbranched alkanes of at least 4 members (excludes halogenated alkanes) is 42. The summed E-state index contributed by atoms with van der Waals surface area (Å²) in [7, 11) is 0. The first-order valence-corrected chi connectivity index (χ1v) is 29.6. The van der Waals surface area contributed by atoms with E-state index in [0.29, 0.717) is 19.4 Å². The fourth-order valence-electron chi connectivity index (χ4n) is 9.16. The first kappa shape index (κ1) is 64.3. The monoisotopic (exact) mass is 930 g/mol. The minimum absolute atomic E-state index is 0.0154. The molecule has 0 aromatic heterocycles. The number of carbonyl (C=O) groups excluding carboxylic acids is 2. The lowest BCUT2D eigenvalue weighted by atomic mass is 10.0. The number of allylic oxidation sites excluding steroid dienone is 3. The Labute approximate surface area is 411 Å². The van der Waals surface area contributed by atoms with Crippen LogP contribution in [-0.2, 0) is 14.3 Å². The highest BCUT2D eigenvalue weighted by Crippen LogP contribution is 2.17. The third kappa shape index (κ3) is 51.7. The molecule has 0 radical (unpaired) electrons. The summed E-state index contributed by atoms with van der Waals surface area (Å²) in [4.78, 5) is 24.4. The number of aliphatic hydroxyl groups is 2. The fourth-order valence-corrected chi connectivity index (χ4v) is 9.16. The number of aliphatic hydroxyl groups excluding tert-OH is 2. The van der Waals surface area contributed by atoms with Crippen molar-refractivity contribution in [2.75, 3.05) is 13.2 Å². The Balaban J connectivity index is 3.37. The molecule has 0 heterocycles. The molecule has 0 saturated carbocycles. The van der Waals surface area contributed by atoms with Crippen LogP contribution in [0.5, 0.6) is 0 Å². The van der Waals surface area contributed by atoms with Crippen LogP contribution in [0.4, 0.5) is 0 Å². The SMILES string of the molecule is CCCCCCCCC/C=C/C(O)C(CO)NC(=O)CCCCCCCCCC/C=C\CCCCCCCCCCCCCCOC(=O)CCCCCCCCCCCCCCCCCC. The van der Waals surface area contributed by atoms with Crippen LogP contribution in [0.25, 0.3) is 0 Å². The Bertz CT molecular complexity index is 1030. The van der Waals surface area contributed by atoms with Crippen molar-refractivity contribution in [3.8, 4) is 0 Å². The maximum Gasteiger partial charge on any atom is 0.305 e. The van der Waals surface area contributed by atoms with Gasteiger partial charge in [-0.05, 0) is 57.8 Å². The highest BCUT2D eigenvalue weighted by Gasteiger charge is 2.18. The Kier molecular flexibility index (Phi) is 54.5. The van der Waals surface area contributed by atoms with E-state index in [4.69, 9.17) is 4.74 Å². The van der Waals surface area contributed by atoms with Gasteiger partial charge >= 0.3 is 5.97 Å². The minimum atomic E-state index is -0.844. The molecule has 6 nitrogen and oxygen atoms in total. The van der Waals surface area contributed by atoms with E-state index in [1.807, 2.05) is 6.08 Å². The van der Waals surface area contributed by atoms with Crippen LogP contribution in [0.3, 0.4) is 0 Å². The fraction of sp³-hybridized carbons (Fsp3) is 0.900. The van der Waals surface area contributed by atoms with Crippen molar-refractivity contribution in [2.24, 2.45) is 0 Å². The van der Waals surface area contributed by atoms with E-state index in [0.717, 1.165) is 38.5 Å². The van der Waals surface area contributed by atoms with Crippen LogP contribution >= 0.6 is 0 Å². The third-order valence-electron chi connectivity index (χ3n) is 13.7. The first-order chi connectivity index (χ1) is 32.5. The minimum Gasteiger partial charge on any atom is -0.466 e. The van der Waals surface area contributed by atoms with E-state index >= 15 is 0 Å². The summed E-state index contributed by atoms with van der Waals surface area (Å²) in [6.07, 6.45) is 67.9. The Morgan fingerprint density at radius 2 is 0.712 bits per heavy atom. The maximum absolute atomic E-state index is 12.4. The van der Waals surface area contributed by atoms with Crippen molar-refractivity contribution >= 4 is 11.9 Å². The van der Waals surface area contributed by atoms with Crippen molar-refractivity contribution in [3.05, 3.63) is 24.3 Å². The molecule has 2 unspecified atom stereocenters. The van der Waals surface area contributed by atoms with Gasteiger partial charge in [0.1, 0.15) is 0 Å². The van der Waals surface area contributed by atoms with E-state index in [1.54, 1.807) is 6.08 Å². The zero-order valence-corrected chi connectivity index (χ0v) is 44.4. The summed E-state index contributed by atoms with van der Waals surface area (Å²) in [6.45, 7) is 4.89. The summed E-state index contributed by atoms with van der Waals surface area (Å²) in [5, 5.41) is 22.9. The van der Waals surface area contributed by atoms with Crippen molar-refractivity contribution < 1.29 is 24.5 Å². The summed E-state index contributed by atoms with van der Waals surface area (Å²) < 4.78 is 5.49. The highest BCUT2D eigenvalue weighted by atomic mass is 16.5. The van der Waals surface area contributed by atoms with E-state index in [-0.39, 0.29) is 18.5 Å². The lowest BCUT2D eigenvalue weighted by molar-refractivity contribution is -0.143. The number of nitrogens with one attached hydrogen (secondary N) is 1. The van der Waals surface area contributed by atoms with Crippen molar-refractivity contribution in [3.63, 3.8) is 0 Å². The summed E-state index contributed by atoms with van der Waals surface area (Å²) in [5.74, 6) is -0.0593. The molecular weight excluding hydrogens is 815 g/mol. The van der Waals surface area contributed by atoms with Gasteiger partial charge in [0.15, 0.2) is 0 Å². The van der Waals surface area contributed by atoms with Gasteiger partial charge in [-0.3, -0.25) is 9.59 Å². The number of rotatable bonds is 55. The highest BCUT2D eigenvalue weighted by molar-refractivity contribution is 5.76. The van der Waals surface area contributed by atoms with Gasteiger partial charge in [-0.2, -0.15) is 0 Å². The normalized spacial score (nSPS) is 12.7. The molecule has 0 aromatic carbocycles. The molecule has 0 rings (SSSR count). The van der Waals surface area contributed by atoms with Crippen LogP contribution in [0.2, 0.25) is 0 Å². The number of carbonyl (C=O) groups is 2. The first-order valence-electron chi connectivity index (χ1n) is 29.6. The molecule has 0 aliphatic carbocycles. The lowest BCUT2D eigenvalue weighted by Crippen LogP contribution is -2.45. The average molecular weight is 931 g/mol. The topological polar surface area (TPSA) is 95.9 Å². The van der Waals surface area contributed by atoms with Gasteiger partial charge in [-0.1, -0.05) is 276 Å². The van der Waals surface area contributed by atoms with Crippen molar-refractivity contribution in [1.82, 2.24) is 5.32 Å². The van der Waals surface area contributed by atoms with Crippen molar-refractivity contribution in [1.29, 1.82) is 0 Å². The lowest BCUT2D eigenvalue weighted by Gasteiger charge is -2.20. The van der Waals surface area contributed by atoms with Gasteiger partial charge in [0.05, 0.1) is 25.4 Å². The molecule has 0 aliphatic heterocycles. The van der Waals surface area contributed by atoms with Gasteiger partial charge < -0.3 is 20.3 Å². The quantitative estimate of drug-likeness (QED) is 0.0321. The molecule has 0 bridgehead atoms. The molecule has 0 aromatic rings. The summed E-state index contributed by atoms with van der Waals surface area (Å²) in [6, 6.07) is -0.628. The molecule has 66 heavy (non-hydrogen) atoms. The van der Waals surface area contributed by atoms with E-state index in [2.05, 4.69) is 31.3 Å². The molecular formula is C60H115NO5. The Morgan fingerprint density at radius 1 is 0.409 bits per heavy atom. The van der Waals surface area contributed by atoms with Gasteiger partial charge in [0, 0.05) is 12.8 Å². The second kappa shape index (κ2) is 55.9. The second-order valence-electron chi connectivity index (χ2n) is 20.3. The zero-order valence-electron chi connectivity index (χ0n) is 44.4. The Hall–Kier alpha value is -1.66. The van der Waals surface area contributed by atoms with E-state index in [9.17, 15) is 19.8 Å². The molecule has 3 N–H and O–H groups in total. The van der Waals surface area contributed by atoms with Gasteiger partial charge in [-0.25, -0.2) is 0 Å². The largest absolute Gasteiger partial charge is 0.466 e. The molecule has 1 amide bonds. The number of ether oxygens (including phenoxy) is 1. The number of amides is 1. The Morgan fingerprint density at radius 3 is 1.08 bits per heavy atom. The molecule has 0 aliphatic rings. The van der Waals surface area contributed by atoms with Crippen LogP contribution in [0.15, 0.2) is 24.3 Å². The van der Waals surface area contributed by atoms with Crippen LogP contribution < -0.4 is 5.32 Å². The molecule has 0 saturated heterocycles. The number of hydrogen-bond acceptors (Lipinski definition) is 5. The molecule has 6 heteroatoms. The smallest absolute Gasteiger partial charge is 0.305 e. The van der Waals surface area contributed by atoms with Crippen LogP contribution in [-0.4, -0.2) is 47.4 Å². The maximum atomic E-state index is 12.4. The van der Waals surface area contributed by atoms with E-state index < -0.39 is 12.1 Å². The molecule has 390 valence electrons. The summed E-state index contributed by atoms with van der Waals surface area (Å²) in [5.41, 5.74) is 0. The number of esters is 1. The van der Waals surface area contributed by atoms with Crippen LogP contribution in [0, 0.1) is 0 Å². The van der Waals surface area contributed by atoms with Gasteiger partial charge in [0.25, 0.3) is 0 Å². The molecule has 0 fully saturated rings.